The van der Waals surface area contributed by atoms with Crippen molar-refractivity contribution in [2.45, 2.75) is 30.9 Å². The molecule has 1 aliphatic carbocycles. The van der Waals surface area contributed by atoms with Crippen molar-refractivity contribution >= 4 is 21.8 Å². The van der Waals surface area contributed by atoms with E-state index in [1.165, 1.54) is 0 Å². The third kappa shape index (κ3) is 3.81. The topological polar surface area (TPSA) is 99.6 Å². The molecule has 1 saturated heterocycles. The first kappa shape index (κ1) is 16.2. The number of carboxylic acid groups (broad SMARTS) is 1. The summed E-state index contributed by atoms with van der Waals surface area (Å²) in [5.41, 5.74) is 0.187. The fourth-order valence-electron chi connectivity index (χ4n) is 2.97. The van der Waals surface area contributed by atoms with Gasteiger partial charge in [-0.1, -0.05) is 0 Å². The minimum absolute atomic E-state index is 0.168. The van der Waals surface area contributed by atoms with Crippen LogP contribution < -0.4 is 9.62 Å². The minimum Gasteiger partial charge on any atom is -0.478 e. The van der Waals surface area contributed by atoms with E-state index >= 15 is 0 Å². The van der Waals surface area contributed by atoms with Gasteiger partial charge in [-0.25, -0.2) is 22.9 Å². The van der Waals surface area contributed by atoms with Crippen LogP contribution in [0.2, 0.25) is 0 Å². The number of aromatic carboxylic acids is 1. The first-order chi connectivity index (χ1) is 11.0. The third-order valence-corrected chi connectivity index (χ3v) is 6.29. The number of sulfonamides is 1. The number of carbonyl (C=O) groups is 1. The molecule has 1 aromatic rings. The lowest BCUT2D eigenvalue weighted by Crippen LogP contribution is -2.42. The second-order valence-electron chi connectivity index (χ2n) is 6.23. The molecular weight excluding hydrogens is 318 g/mol. The van der Waals surface area contributed by atoms with Crippen LogP contribution in [0.15, 0.2) is 18.3 Å². The third-order valence-electron chi connectivity index (χ3n) is 4.37. The number of aromatic nitrogens is 1. The Labute approximate surface area is 135 Å². The van der Waals surface area contributed by atoms with Gasteiger partial charge in [-0.05, 0) is 43.7 Å². The molecule has 3 rings (SSSR count). The molecule has 0 bridgehead atoms. The van der Waals surface area contributed by atoms with E-state index in [2.05, 4.69) is 9.71 Å². The molecule has 0 aromatic carbocycles. The molecule has 2 heterocycles. The molecule has 7 nitrogen and oxygen atoms in total. The van der Waals surface area contributed by atoms with Crippen LogP contribution in [0.25, 0.3) is 0 Å². The van der Waals surface area contributed by atoms with Gasteiger partial charge < -0.3 is 10.0 Å². The van der Waals surface area contributed by atoms with E-state index in [-0.39, 0.29) is 16.7 Å². The van der Waals surface area contributed by atoms with E-state index in [0.29, 0.717) is 18.9 Å². The highest BCUT2D eigenvalue weighted by atomic mass is 32.2. The fourth-order valence-corrected chi connectivity index (χ4v) is 4.43. The standard InChI is InChI=1S/C15H21N3O4S/c19-15(20)13-4-1-7-16-14(13)18-8-2-3-11(10-18)9-17-23(21,22)12-5-6-12/h1,4,7,11-12,17H,2-3,5-6,8-10H2,(H,19,20). The SMILES string of the molecule is O=C(O)c1cccnc1N1CCCC(CNS(=O)(=O)C2CC2)C1. The summed E-state index contributed by atoms with van der Waals surface area (Å²) in [6, 6.07) is 3.15. The number of carboxylic acids is 1. The van der Waals surface area contributed by atoms with Crippen molar-refractivity contribution < 1.29 is 18.3 Å². The highest BCUT2D eigenvalue weighted by Crippen LogP contribution is 2.28. The van der Waals surface area contributed by atoms with Crippen molar-refractivity contribution in [1.29, 1.82) is 0 Å². The van der Waals surface area contributed by atoms with Crippen LogP contribution in [0.3, 0.4) is 0 Å². The van der Waals surface area contributed by atoms with Crippen LogP contribution in [0.4, 0.5) is 5.82 Å². The molecule has 126 valence electrons. The molecule has 1 atom stereocenters. The summed E-state index contributed by atoms with van der Waals surface area (Å²) in [6.07, 6.45) is 4.91. The van der Waals surface area contributed by atoms with Crippen LogP contribution in [0.5, 0.6) is 0 Å². The van der Waals surface area contributed by atoms with Gasteiger partial charge in [0.25, 0.3) is 0 Å². The summed E-state index contributed by atoms with van der Waals surface area (Å²) in [6.45, 7) is 1.76. The Kier molecular flexibility index (Phi) is 4.54. The molecule has 1 unspecified atom stereocenters. The van der Waals surface area contributed by atoms with Crippen LogP contribution >= 0.6 is 0 Å². The number of hydrogen-bond donors (Lipinski definition) is 2. The molecular formula is C15H21N3O4S. The molecule has 2 N–H and O–H groups in total. The zero-order chi connectivity index (χ0) is 16.4. The van der Waals surface area contributed by atoms with Crippen LogP contribution in [0.1, 0.15) is 36.0 Å². The van der Waals surface area contributed by atoms with E-state index in [0.717, 1.165) is 32.2 Å². The quantitative estimate of drug-likeness (QED) is 0.804. The number of rotatable bonds is 6. The second kappa shape index (κ2) is 6.45. The number of nitrogens with one attached hydrogen (secondary N) is 1. The maximum Gasteiger partial charge on any atom is 0.339 e. The number of nitrogens with zero attached hydrogens (tertiary/aromatic N) is 2. The summed E-state index contributed by atoms with van der Waals surface area (Å²) in [4.78, 5) is 17.5. The van der Waals surface area contributed by atoms with E-state index in [9.17, 15) is 18.3 Å². The van der Waals surface area contributed by atoms with Crippen LogP contribution in [0, 0.1) is 5.92 Å². The minimum atomic E-state index is -3.17. The molecule has 0 spiro atoms. The Bertz CT molecular complexity index is 688. The first-order valence-electron chi connectivity index (χ1n) is 7.89. The van der Waals surface area contributed by atoms with Crippen molar-refractivity contribution in [2.24, 2.45) is 5.92 Å². The van der Waals surface area contributed by atoms with Crippen molar-refractivity contribution in [1.82, 2.24) is 9.71 Å². The predicted molar refractivity (Wildman–Crippen MR) is 86.1 cm³/mol. The average molecular weight is 339 g/mol. The van der Waals surface area contributed by atoms with Crippen molar-refractivity contribution in [3.63, 3.8) is 0 Å². The molecule has 8 heteroatoms. The Balaban J connectivity index is 1.65. The van der Waals surface area contributed by atoms with Crippen molar-refractivity contribution in [3.8, 4) is 0 Å². The smallest absolute Gasteiger partial charge is 0.339 e. The average Bonchev–Trinajstić information content (AvgIpc) is 3.39. The Morgan fingerprint density at radius 2 is 2.17 bits per heavy atom. The van der Waals surface area contributed by atoms with E-state index in [1.807, 2.05) is 4.90 Å². The molecule has 0 radical (unpaired) electrons. The molecule has 1 saturated carbocycles. The van der Waals surface area contributed by atoms with Gasteiger partial charge in [-0.15, -0.1) is 0 Å². The monoisotopic (exact) mass is 339 g/mol. The molecule has 1 aliphatic heterocycles. The van der Waals surface area contributed by atoms with Crippen LogP contribution in [-0.4, -0.2) is 49.4 Å². The normalized spacial score (nSPS) is 22.1. The maximum atomic E-state index is 11.9. The zero-order valence-electron chi connectivity index (χ0n) is 12.8. The van der Waals surface area contributed by atoms with Gasteiger partial charge in [-0.2, -0.15) is 0 Å². The van der Waals surface area contributed by atoms with E-state index in [1.54, 1.807) is 18.3 Å². The molecule has 0 amide bonds. The summed E-state index contributed by atoms with van der Waals surface area (Å²) >= 11 is 0. The molecule has 2 fully saturated rings. The fraction of sp³-hybridized carbons (Fsp3) is 0.600. The first-order valence-corrected chi connectivity index (χ1v) is 9.44. The maximum absolute atomic E-state index is 11.9. The van der Waals surface area contributed by atoms with Crippen LogP contribution in [-0.2, 0) is 10.0 Å². The summed E-state index contributed by atoms with van der Waals surface area (Å²) in [5.74, 6) is -0.361. The summed E-state index contributed by atoms with van der Waals surface area (Å²) in [7, 11) is -3.17. The molecule has 1 aromatic heterocycles. The Morgan fingerprint density at radius 1 is 1.39 bits per heavy atom. The lowest BCUT2D eigenvalue weighted by Gasteiger charge is -2.34. The van der Waals surface area contributed by atoms with Crippen molar-refractivity contribution in [3.05, 3.63) is 23.9 Å². The van der Waals surface area contributed by atoms with Gasteiger partial charge >= 0.3 is 5.97 Å². The highest BCUT2D eigenvalue weighted by Gasteiger charge is 2.36. The number of hydrogen-bond acceptors (Lipinski definition) is 5. The Morgan fingerprint density at radius 3 is 2.87 bits per heavy atom. The van der Waals surface area contributed by atoms with Gasteiger partial charge in [0.05, 0.1) is 5.25 Å². The van der Waals surface area contributed by atoms with Gasteiger partial charge in [0, 0.05) is 25.8 Å². The van der Waals surface area contributed by atoms with E-state index in [4.69, 9.17) is 0 Å². The lowest BCUT2D eigenvalue weighted by molar-refractivity contribution is 0.0697. The Hall–Kier alpha value is -1.67. The second-order valence-corrected chi connectivity index (χ2v) is 8.27. The van der Waals surface area contributed by atoms with Gasteiger partial charge in [0.2, 0.25) is 10.0 Å². The molecule has 2 aliphatic rings. The van der Waals surface area contributed by atoms with E-state index < -0.39 is 16.0 Å². The van der Waals surface area contributed by atoms with Gasteiger partial charge in [-0.3, -0.25) is 0 Å². The summed E-state index contributed by atoms with van der Waals surface area (Å²) < 4.78 is 26.5. The number of anilines is 1. The number of piperidine rings is 1. The predicted octanol–water partition coefficient (Wildman–Crippen LogP) is 1.08. The zero-order valence-corrected chi connectivity index (χ0v) is 13.6. The van der Waals surface area contributed by atoms with Gasteiger partial charge in [0.15, 0.2) is 0 Å². The number of pyridine rings is 1. The largest absolute Gasteiger partial charge is 0.478 e. The lowest BCUT2D eigenvalue weighted by atomic mass is 9.98. The molecule has 23 heavy (non-hydrogen) atoms. The van der Waals surface area contributed by atoms with Gasteiger partial charge in [0.1, 0.15) is 11.4 Å². The summed E-state index contributed by atoms with van der Waals surface area (Å²) in [5, 5.41) is 9.07. The highest BCUT2D eigenvalue weighted by molar-refractivity contribution is 7.90. The van der Waals surface area contributed by atoms with Crippen molar-refractivity contribution in [2.75, 3.05) is 24.5 Å².